The van der Waals surface area contributed by atoms with Gasteiger partial charge in [0.15, 0.2) is 17.2 Å². The predicted octanol–water partition coefficient (Wildman–Crippen LogP) is 6.10. The van der Waals surface area contributed by atoms with Gasteiger partial charge in [0.25, 0.3) is 0 Å². The van der Waals surface area contributed by atoms with Crippen molar-refractivity contribution in [2.24, 2.45) is 0 Å². The lowest BCUT2D eigenvalue weighted by molar-refractivity contribution is -0.166. The Hall–Kier alpha value is -3.77. The lowest BCUT2D eigenvalue weighted by Crippen LogP contribution is -2.43. The summed E-state index contributed by atoms with van der Waals surface area (Å²) >= 11 is 0. The average molecular weight is 507 g/mol. The standard InChI is InChI=1S/C28H28F2N4O3/c1-27(2,10-11-31)25-24(16-6-8-28(37-3,9-7-16)26(35)36)19-14-22-17(15-32-33-22)12-23(19)34(25)18-4-5-20(29)21(30)13-18/h4-5,12-16H,6-10H2,1-3H3,(H,32,33)(H,35,36)/t16-,28+. The number of H-pyrrole nitrogens is 1. The summed E-state index contributed by atoms with van der Waals surface area (Å²) in [7, 11) is 1.43. The Morgan fingerprint density at radius 3 is 2.62 bits per heavy atom. The van der Waals surface area contributed by atoms with Crippen molar-refractivity contribution in [3.8, 4) is 11.8 Å². The van der Waals surface area contributed by atoms with Gasteiger partial charge in [-0.05, 0) is 61.4 Å². The molecule has 5 rings (SSSR count). The highest BCUT2D eigenvalue weighted by Crippen LogP contribution is 2.48. The maximum Gasteiger partial charge on any atom is 0.335 e. The van der Waals surface area contributed by atoms with Crippen LogP contribution in [0.1, 0.15) is 63.1 Å². The van der Waals surface area contributed by atoms with Crippen LogP contribution in [0, 0.1) is 23.0 Å². The highest BCUT2D eigenvalue weighted by molar-refractivity contribution is 5.99. The van der Waals surface area contributed by atoms with Gasteiger partial charge in [-0.25, -0.2) is 13.6 Å². The first-order valence-corrected chi connectivity index (χ1v) is 12.2. The molecule has 0 bridgehead atoms. The molecule has 0 aliphatic heterocycles. The van der Waals surface area contributed by atoms with Crippen LogP contribution in [0.2, 0.25) is 0 Å². The number of carbonyl (C=O) groups is 1. The first-order chi connectivity index (χ1) is 17.6. The summed E-state index contributed by atoms with van der Waals surface area (Å²) in [6.45, 7) is 3.94. The third-order valence-electron chi connectivity index (χ3n) is 7.87. The number of fused-ring (bicyclic) bond motifs is 2. The minimum absolute atomic E-state index is 0.0231. The van der Waals surface area contributed by atoms with Crippen LogP contribution < -0.4 is 0 Å². The van der Waals surface area contributed by atoms with E-state index in [2.05, 4.69) is 16.3 Å². The lowest BCUT2D eigenvalue weighted by atomic mass is 9.72. The summed E-state index contributed by atoms with van der Waals surface area (Å²) in [5.74, 6) is -2.89. The number of aromatic amines is 1. The number of nitrogens with one attached hydrogen (secondary N) is 1. The SMILES string of the molecule is CO[C@]1(C(=O)O)CC[C@H](c2c(C(C)(C)CC#N)n(-c3ccc(F)c(F)c3)c3cc4cn[nH]c4cc32)CC1. The van der Waals surface area contributed by atoms with Gasteiger partial charge in [0, 0.05) is 47.2 Å². The summed E-state index contributed by atoms with van der Waals surface area (Å²) in [4.78, 5) is 12.0. The maximum atomic E-state index is 14.5. The number of nitrogens with zero attached hydrogens (tertiary/aromatic N) is 3. The molecule has 1 aliphatic rings. The number of rotatable bonds is 6. The van der Waals surface area contributed by atoms with E-state index in [0.717, 1.165) is 39.1 Å². The summed E-state index contributed by atoms with van der Waals surface area (Å²) < 4.78 is 35.8. The van der Waals surface area contributed by atoms with Gasteiger partial charge >= 0.3 is 5.97 Å². The molecule has 2 aromatic heterocycles. The van der Waals surface area contributed by atoms with Crippen LogP contribution >= 0.6 is 0 Å². The Balaban J connectivity index is 1.82. The molecule has 0 atom stereocenters. The summed E-state index contributed by atoms with van der Waals surface area (Å²) in [6.07, 6.45) is 3.71. The predicted molar refractivity (Wildman–Crippen MR) is 135 cm³/mol. The van der Waals surface area contributed by atoms with Crippen LogP contribution in [-0.2, 0) is 14.9 Å². The van der Waals surface area contributed by atoms with E-state index in [4.69, 9.17) is 4.74 Å². The van der Waals surface area contributed by atoms with E-state index in [-0.39, 0.29) is 12.3 Å². The largest absolute Gasteiger partial charge is 0.479 e. The normalized spacial score (nSPS) is 20.4. The molecule has 2 heterocycles. The summed E-state index contributed by atoms with van der Waals surface area (Å²) in [5, 5.41) is 28.5. The Morgan fingerprint density at radius 1 is 1.27 bits per heavy atom. The minimum Gasteiger partial charge on any atom is -0.479 e. The van der Waals surface area contributed by atoms with Gasteiger partial charge in [-0.15, -0.1) is 0 Å². The van der Waals surface area contributed by atoms with Gasteiger partial charge in [0.2, 0.25) is 0 Å². The Morgan fingerprint density at radius 2 is 2.00 bits per heavy atom. The molecule has 0 amide bonds. The summed E-state index contributed by atoms with van der Waals surface area (Å²) in [6, 6.07) is 10.1. The van der Waals surface area contributed by atoms with Crippen molar-refractivity contribution in [3.63, 3.8) is 0 Å². The molecule has 9 heteroatoms. The van der Waals surface area contributed by atoms with Crippen LogP contribution in [0.15, 0.2) is 36.5 Å². The molecule has 2 aromatic carbocycles. The van der Waals surface area contributed by atoms with Gasteiger partial charge in [-0.1, -0.05) is 13.8 Å². The molecule has 1 aliphatic carbocycles. The van der Waals surface area contributed by atoms with Crippen LogP contribution in [0.25, 0.3) is 27.5 Å². The summed E-state index contributed by atoms with van der Waals surface area (Å²) in [5.41, 5.74) is 2.02. The van der Waals surface area contributed by atoms with Crippen LogP contribution in [0.5, 0.6) is 0 Å². The highest BCUT2D eigenvalue weighted by atomic mass is 19.2. The Labute approximate surface area is 212 Å². The van der Waals surface area contributed by atoms with Crippen molar-refractivity contribution in [1.29, 1.82) is 5.26 Å². The van der Waals surface area contributed by atoms with E-state index < -0.39 is 28.6 Å². The van der Waals surface area contributed by atoms with E-state index in [1.807, 2.05) is 30.5 Å². The van der Waals surface area contributed by atoms with Crippen molar-refractivity contribution in [2.75, 3.05) is 7.11 Å². The third-order valence-corrected chi connectivity index (χ3v) is 7.87. The molecule has 4 aromatic rings. The Bertz CT molecular complexity index is 1560. The molecule has 2 N–H and O–H groups in total. The fourth-order valence-electron chi connectivity index (χ4n) is 5.88. The average Bonchev–Trinajstić information content (AvgIpc) is 3.46. The van der Waals surface area contributed by atoms with Gasteiger partial charge in [-0.3, -0.25) is 5.10 Å². The molecule has 192 valence electrons. The number of aliphatic carboxylic acids is 1. The number of hydrogen-bond donors (Lipinski definition) is 2. The van der Waals surface area contributed by atoms with Crippen LogP contribution in [-0.4, -0.2) is 38.6 Å². The monoisotopic (exact) mass is 506 g/mol. The van der Waals surface area contributed by atoms with Crippen molar-refractivity contribution in [2.45, 2.75) is 62.9 Å². The van der Waals surface area contributed by atoms with Crippen molar-refractivity contribution >= 4 is 27.8 Å². The number of nitriles is 1. The van der Waals surface area contributed by atoms with Gasteiger partial charge in [-0.2, -0.15) is 10.4 Å². The fraction of sp³-hybridized carbons (Fsp3) is 0.393. The molecule has 0 unspecified atom stereocenters. The lowest BCUT2D eigenvalue weighted by Gasteiger charge is -2.37. The molecular formula is C28H28F2N4O3. The second-order valence-corrected chi connectivity index (χ2v) is 10.5. The number of ether oxygens (including phenoxy) is 1. The Kier molecular flexibility index (Phi) is 6.03. The van der Waals surface area contributed by atoms with Gasteiger partial charge in [0.05, 0.1) is 23.3 Å². The number of carboxylic acids is 1. The molecule has 0 spiro atoms. The number of hydrogen-bond acceptors (Lipinski definition) is 4. The highest BCUT2D eigenvalue weighted by Gasteiger charge is 2.44. The zero-order valence-electron chi connectivity index (χ0n) is 20.9. The molecule has 37 heavy (non-hydrogen) atoms. The van der Waals surface area contributed by atoms with E-state index in [1.54, 1.807) is 6.20 Å². The maximum absolute atomic E-state index is 14.5. The van der Waals surface area contributed by atoms with E-state index in [9.17, 15) is 23.9 Å². The van der Waals surface area contributed by atoms with Crippen LogP contribution in [0.4, 0.5) is 8.78 Å². The minimum atomic E-state index is -1.23. The van der Waals surface area contributed by atoms with Gasteiger partial charge in [0.1, 0.15) is 0 Å². The fourth-order valence-corrected chi connectivity index (χ4v) is 5.88. The van der Waals surface area contributed by atoms with Gasteiger partial charge < -0.3 is 14.4 Å². The quantitative estimate of drug-likeness (QED) is 0.329. The second-order valence-electron chi connectivity index (χ2n) is 10.5. The van der Waals surface area contributed by atoms with Crippen molar-refractivity contribution in [1.82, 2.24) is 14.8 Å². The van der Waals surface area contributed by atoms with Crippen LogP contribution in [0.3, 0.4) is 0 Å². The second kappa shape index (κ2) is 8.96. The topological polar surface area (TPSA) is 104 Å². The zero-order chi connectivity index (χ0) is 26.5. The van der Waals surface area contributed by atoms with Crippen molar-refractivity contribution < 1.29 is 23.4 Å². The molecule has 0 saturated heterocycles. The first kappa shape index (κ1) is 24.9. The number of aromatic nitrogens is 3. The van der Waals surface area contributed by atoms with E-state index >= 15 is 0 Å². The number of methoxy groups -OCH3 is 1. The number of benzene rings is 2. The molecule has 1 fully saturated rings. The number of halogens is 2. The number of carboxylic acid groups (broad SMARTS) is 1. The van der Waals surface area contributed by atoms with E-state index in [1.165, 1.54) is 19.2 Å². The van der Waals surface area contributed by atoms with E-state index in [0.29, 0.717) is 31.4 Å². The smallest absolute Gasteiger partial charge is 0.335 e. The zero-order valence-corrected chi connectivity index (χ0v) is 20.9. The molecule has 1 saturated carbocycles. The van der Waals surface area contributed by atoms with Crippen molar-refractivity contribution in [3.05, 3.63) is 59.4 Å². The molecule has 7 nitrogen and oxygen atoms in total. The molecular weight excluding hydrogens is 478 g/mol. The molecule has 0 radical (unpaired) electrons. The third kappa shape index (κ3) is 3.96. The first-order valence-electron chi connectivity index (χ1n) is 12.2.